The van der Waals surface area contributed by atoms with E-state index in [2.05, 4.69) is 36.4 Å². The topological polar surface area (TPSA) is 26.0 Å². The van der Waals surface area contributed by atoms with Gasteiger partial charge in [-0.05, 0) is 24.0 Å². The van der Waals surface area contributed by atoms with Crippen molar-refractivity contribution in [1.82, 2.24) is 0 Å². The van der Waals surface area contributed by atoms with E-state index in [-0.39, 0.29) is 6.04 Å². The molecule has 1 aliphatic carbocycles. The van der Waals surface area contributed by atoms with Gasteiger partial charge in [-0.2, -0.15) is 0 Å². The molecule has 0 aromatic heterocycles. The van der Waals surface area contributed by atoms with Crippen LogP contribution in [-0.4, -0.2) is 0 Å². The molecular formula is C11H13N. The first-order chi connectivity index (χ1) is 5.88. The molecule has 1 aromatic carbocycles. The SMILES string of the molecule is NC1CC=CCc2ccccc21. The molecule has 1 heteroatoms. The number of allylic oxidation sites excluding steroid dienone is 1. The molecule has 0 radical (unpaired) electrons. The lowest BCUT2D eigenvalue weighted by atomic mass is 10.00. The van der Waals surface area contributed by atoms with Gasteiger partial charge in [0.1, 0.15) is 0 Å². The van der Waals surface area contributed by atoms with Crippen LogP contribution in [0, 0.1) is 0 Å². The van der Waals surface area contributed by atoms with E-state index in [1.54, 1.807) is 0 Å². The van der Waals surface area contributed by atoms with E-state index >= 15 is 0 Å². The Morgan fingerprint density at radius 2 is 2.00 bits per heavy atom. The van der Waals surface area contributed by atoms with Gasteiger partial charge >= 0.3 is 0 Å². The van der Waals surface area contributed by atoms with Gasteiger partial charge in [0.25, 0.3) is 0 Å². The highest BCUT2D eigenvalue weighted by atomic mass is 14.6. The molecule has 2 rings (SSSR count). The summed E-state index contributed by atoms with van der Waals surface area (Å²) in [6.45, 7) is 0. The smallest absolute Gasteiger partial charge is 0.0332 e. The predicted molar refractivity (Wildman–Crippen MR) is 50.8 cm³/mol. The molecule has 0 saturated heterocycles. The average molecular weight is 159 g/mol. The first-order valence-electron chi connectivity index (χ1n) is 4.36. The summed E-state index contributed by atoms with van der Waals surface area (Å²) in [6, 6.07) is 8.62. The van der Waals surface area contributed by atoms with Crippen molar-refractivity contribution in [3.63, 3.8) is 0 Å². The van der Waals surface area contributed by atoms with Gasteiger partial charge in [0.15, 0.2) is 0 Å². The molecule has 12 heavy (non-hydrogen) atoms. The molecule has 1 atom stereocenters. The fraction of sp³-hybridized carbons (Fsp3) is 0.273. The van der Waals surface area contributed by atoms with Crippen molar-refractivity contribution in [2.45, 2.75) is 18.9 Å². The van der Waals surface area contributed by atoms with Crippen molar-refractivity contribution >= 4 is 0 Å². The van der Waals surface area contributed by atoms with Crippen molar-refractivity contribution in [2.75, 3.05) is 0 Å². The molecular weight excluding hydrogens is 146 g/mol. The van der Waals surface area contributed by atoms with Crippen molar-refractivity contribution in [2.24, 2.45) is 5.73 Å². The third-order valence-corrected chi connectivity index (χ3v) is 2.35. The number of fused-ring (bicyclic) bond motifs is 1. The van der Waals surface area contributed by atoms with E-state index in [9.17, 15) is 0 Å². The second-order valence-corrected chi connectivity index (χ2v) is 3.22. The van der Waals surface area contributed by atoms with Crippen LogP contribution < -0.4 is 5.73 Å². The average Bonchev–Trinajstić information content (AvgIpc) is 2.29. The lowest BCUT2D eigenvalue weighted by molar-refractivity contribution is 0.740. The van der Waals surface area contributed by atoms with Crippen LogP contribution in [0.3, 0.4) is 0 Å². The van der Waals surface area contributed by atoms with Gasteiger partial charge in [0.05, 0.1) is 0 Å². The maximum absolute atomic E-state index is 6.00. The van der Waals surface area contributed by atoms with Crippen LogP contribution in [0.15, 0.2) is 36.4 Å². The minimum absolute atomic E-state index is 0.194. The Labute approximate surface area is 72.9 Å². The summed E-state index contributed by atoms with van der Waals surface area (Å²) in [6.07, 6.45) is 6.37. The molecule has 2 N–H and O–H groups in total. The van der Waals surface area contributed by atoms with Crippen LogP contribution >= 0.6 is 0 Å². The minimum atomic E-state index is 0.194. The largest absolute Gasteiger partial charge is 0.324 e. The number of hydrogen-bond donors (Lipinski definition) is 1. The summed E-state index contributed by atoms with van der Waals surface area (Å²) < 4.78 is 0. The summed E-state index contributed by atoms with van der Waals surface area (Å²) in [5.41, 5.74) is 8.68. The van der Waals surface area contributed by atoms with E-state index in [4.69, 9.17) is 5.73 Å². The molecule has 1 aliphatic rings. The van der Waals surface area contributed by atoms with Gasteiger partial charge in [0.2, 0.25) is 0 Å². The summed E-state index contributed by atoms with van der Waals surface area (Å²) in [4.78, 5) is 0. The number of rotatable bonds is 0. The first-order valence-corrected chi connectivity index (χ1v) is 4.36. The predicted octanol–water partition coefficient (Wildman–Crippen LogP) is 2.19. The molecule has 0 heterocycles. The molecule has 1 unspecified atom stereocenters. The zero-order valence-corrected chi connectivity index (χ0v) is 7.03. The van der Waals surface area contributed by atoms with Crippen molar-refractivity contribution in [3.8, 4) is 0 Å². The van der Waals surface area contributed by atoms with Crippen LogP contribution in [0.2, 0.25) is 0 Å². The third-order valence-electron chi connectivity index (χ3n) is 2.35. The summed E-state index contributed by atoms with van der Waals surface area (Å²) in [5.74, 6) is 0. The lowest BCUT2D eigenvalue weighted by Crippen LogP contribution is -2.09. The molecule has 0 saturated carbocycles. The van der Waals surface area contributed by atoms with Gasteiger partial charge in [0, 0.05) is 6.04 Å². The Kier molecular flexibility index (Phi) is 1.96. The van der Waals surface area contributed by atoms with Gasteiger partial charge in [-0.25, -0.2) is 0 Å². The van der Waals surface area contributed by atoms with E-state index in [1.165, 1.54) is 11.1 Å². The Morgan fingerprint density at radius 1 is 1.17 bits per heavy atom. The van der Waals surface area contributed by atoms with Gasteiger partial charge < -0.3 is 5.73 Å². The van der Waals surface area contributed by atoms with Gasteiger partial charge in [-0.3, -0.25) is 0 Å². The third kappa shape index (κ3) is 1.28. The number of nitrogens with two attached hydrogens (primary N) is 1. The number of benzene rings is 1. The molecule has 1 aromatic rings. The quantitative estimate of drug-likeness (QED) is 0.577. The number of hydrogen-bond acceptors (Lipinski definition) is 1. The second-order valence-electron chi connectivity index (χ2n) is 3.22. The van der Waals surface area contributed by atoms with Crippen LogP contribution in [-0.2, 0) is 6.42 Å². The Hall–Kier alpha value is -1.08. The van der Waals surface area contributed by atoms with Crippen LogP contribution in [0.5, 0.6) is 0 Å². The monoisotopic (exact) mass is 159 g/mol. The molecule has 0 fully saturated rings. The van der Waals surface area contributed by atoms with Crippen LogP contribution in [0.4, 0.5) is 0 Å². The fourth-order valence-corrected chi connectivity index (χ4v) is 1.66. The molecule has 0 spiro atoms. The molecule has 62 valence electrons. The Bertz CT molecular complexity index is 302. The molecule has 0 bridgehead atoms. The molecule has 0 aliphatic heterocycles. The summed E-state index contributed by atoms with van der Waals surface area (Å²) in [7, 11) is 0. The Balaban J connectivity index is 2.45. The van der Waals surface area contributed by atoms with E-state index < -0.39 is 0 Å². The van der Waals surface area contributed by atoms with Gasteiger partial charge in [-0.15, -0.1) is 0 Å². The Morgan fingerprint density at radius 3 is 2.92 bits per heavy atom. The maximum atomic E-state index is 6.00. The molecule has 0 amide bonds. The van der Waals surface area contributed by atoms with Gasteiger partial charge in [-0.1, -0.05) is 36.4 Å². The van der Waals surface area contributed by atoms with E-state index in [0.29, 0.717) is 0 Å². The molecule has 1 nitrogen and oxygen atoms in total. The second kappa shape index (κ2) is 3.11. The highest BCUT2D eigenvalue weighted by molar-refractivity contribution is 5.33. The van der Waals surface area contributed by atoms with Crippen LogP contribution in [0.1, 0.15) is 23.6 Å². The minimum Gasteiger partial charge on any atom is -0.324 e. The zero-order chi connectivity index (χ0) is 8.39. The fourth-order valence-electron chi connectivity index (χ4n) is 1.66. The zero-order valence-electron chi connectivity index (χ0n) is 7.03. The summed E-state index contributed by atoms with van der Waals surface area (Å²) >= 11 is 0. The van der Waals surface area contributed by atoms with E-state index in [0.717, 1.165) is 12.8 Å². The maximum Gasteiger partial charge on any atom is 0.0332 e. The van der Waals surface area contributed by atoms with Crippen molar-refractivity contribution < 1.29 is 0 Å². The van der Waals surface area contributed by atoms with E-state index in [1.807, 2.05) is 0 Å². The summed E-state index contributed by atoms with van der Waals surface area (Å²) in [5, 5.41) is 0. The highest BCUT2D eigenvalue weighted by Gasteiger charge is 2.10. The highest BCUT2D eigenvalue weighted by Crippen LogP contribution is 2.22. The van der Waals surface area contributed by atoms with Crippen LogP contribution in [0.25, 0.3) is 0 Å². The lowest BCUT2D eigenvalue weighted by Gasteiger charge is -2.11. The van der Waals surface area contributed by atoms with Crippen molar-refractivity contribution in [1.29, 1.82) is 0 Å². The first kappa shape index (κ1) is 7.56. The standard InChI is InChI=1S/C11H13N/c12-11-8-4-2-6-9-5-1-3-7-10(9)11/h1-5,7,11H,6,8,12H2. The normalized spacial score (nSPS) is 21.6. The van der Waals surface area contributed by atoms with Crippen molar-refractivity contribution in [3.05, 3.63) is 47.5 Å².